The molecule has 3 aromatic rings. The van der Waals surface area contributed by atoms with Gasteiger partial charge in [-0.1, -0.05) is 12.1 Å². The Hall–Kier alpha value is -3.06. The number of aromatic nitrogens is 2. The molecule has 0 saturated heterocycles. The van der Waals surface area contributed by atoms with Gasteiger partial charge in [0.2, 0.25) is 0 Å². The van der Waals surface area contributed by atoms with Crippen LogP contribution in [0.15, 0.2) is 54.6 Å². The maximum atomic E-state index is 13.2. The maximum absolute atomic E-state index is 13.2. The van der Waals surface area contributed by atoms with Gasteiger partial charge in [-0.2, -0.15) is 39.9 Å². The van der Waals surface area contributed by atoms with E-state index in [0.29, 0.717) is 6.07 Å². The first-order valence-electron chi connectivity index (χ1n) is 8.00. The van der Waals surface area contributed by atoms with Crippen LogP contribution in [0.1, 0.15) is 11.3 Å². The molecule has 3 rings (SSSR count). The molecule has 160 valence electrons. The van der Waals surface area contributed by atoms with E-state index in [0.717, 1.165) is 28.9 Å². The molecule has 1 heterocycles. The highest BCUT2D eigenvalue weighted by Gasteiger charge is 2.35. The lowest BCUT2D eigenvalue weighted by atomic mass is 10.1. The van der Waals surface area contributed by atoms with Gasteiger partial charge in [-0.15, -0.1) is 0 Å². The summed E-state index contributed by atoms with van der Waals surface area (Å²) in [4.78, 5) is 0. The quantitative estimate of drug-likeness (QED) is 0.584. The largest absolute Gasteiger partial charge is 0.435 e. The minimum absolute atomic E-state index is 0.0560. The highest BCUT2D eigenvalue weighted by molar-refractivity contribution is 7.90. The second-order valence-corrected chi connectivity index (χ2v) is 7.39. The molecule has 13 heteroatoms. The van der Waals surface area contributed by atoms with Crippen LogP contribution in [0.5, 0.6) is 0 Å². The lowest BCUT2D eigenvalue weighted by molar-refractivity contribution is -0.141. The van der Waals surface area contributed by atoms with Gasteiger partial charge in [0.1, 0.15) is 0 Å². The van der Waals surface area contributed by atoms with Gasteiger partial charge in [-0.25, -0.2) is 9.82 Å². The summed E-state index contributed by atoms with van der Waals surface area (Å²) in [6.07, 6.45) is -9.39. The molecule has 0 atom stereocenters. The van der Waals surface area contributed by atoms with Crippen molar-refractivity contribution in [2.24, 2.45) is 5.14 Å². The molecule has 0 unspecified atom stereocenters. The Kier molecular flexibility index (Phi) is 5.28. The van der Waals surface area contributed by atoms with Crippen molar-refractivity contribution in [3.8, 4) is 16.9 Å². The molecule has 0 spiro atoms. The van der Waals surface area contributed by atoms with Gasteiger partial charge in [0, 0.05) is 11.3 Å². The number of benzene rings is 2. The molecule has 0 amide bonds. The number of halogens is 6. The summed E-state index contributed by atoms with van der Waals surface area (Å²) in [6, 6.07) is 9.30. The van der Waals surface area contributed by atoms with Gasteiger partial charge in [0.15, 0.2) is 5.69 Å². The summed E-state index contributed by atoms with van der Waals surface area (Å²) in [5, 5.41) is 8.36. The fraction of sp³-hybridized carbons (Fsp3) is 0.118. The Balaban J connectivity index is 2.07. The van der Waals surface area contributed by atoms with Gasteiger partial charge >= 0.3 is 12.4 Å². The van der Waals surface area contributed by atoms with Gasteiger partial charge in [0.25, 0.3) is 10.2 Å². The van der Waals surface area contributed by atoms with E-state index >= 15 is 0 Å². The minimum Gasteiger partial charge on any atom is -0.271 e. The third-order valence-electron chi connectivity index (χ3n) is 3.88. The number of hydrogen-bond acceptors (Lipinski definition) is 3. The molecular weight excluding hydrogens is 438 g/mol. The summed E-state index contributed by atoms with van der Waals surface area (Å²) in [6.45, 7) is 0. The highest BCUT2D eigenvalue weighted by atomic mass is 32.2. The normalized spacial score (nSPS) is 12.8. The van der Waals surface area contributed by atoms with Crippen molar-refractivity contribution >= 4 is 15.9 Å². The average molecular weight is 450 g/mol. The van der Waals surface area contributed by atoms with E-state index in [4.69, 9.17) is 5.14 Å². The van der Waals surface area contributed by atoms with Crippen molar-refractivity contribution in [1.29, 1.82) is 0 Å². The lowest BCUT2D eigenvalue weighted by Crippen LogP contribution is -2.21. The van der Waals surface area contributed by atoms with E-state index in [-0.39, 0.29) is 22.6 Å². The van der Waals surface area contributed by atoms with Crippen LogP contribution in [0, 0.1) is 0 Å². The second-order valence-electron chi connectivity index (χ2n) is 6.09. The zero-order valence-corrected chi connectivity index (χ0v) is 15.5. The molecule has 0 fully saturated rings. The molecule has 6 nitrogen and oxygen atoms in total. The SMILES string of the molecule is NS(=O)(=O)Nc1ccc(-n2nc(C(F)(F)F)cc2-c2ccc(C(F)(F)F)cc2)cc1. The van der Waals surface area contributed by atoms with E-state index in [1.165, 1.54) is 24.3 Å². The van der Waals surface area contributed by atoms with Crippen LogP contribution < -0.4 is 9.86 Å². The third-order valence-corrected chi connectivity index (χ3v) is 4.40. The second kappa shape index (κ2) is 7.32. The Morgan fingerprint density at radius 2 is 1.43 bits per heavy atom. The first kappa shape index (κ1) is 21.6. The Labute approximate surface area is 166 Å². The molecule has 30 heavy (non-hydrogen) atoms. The number of alkyl halides is 6. The predicted octanol–water partition coefficient (Wildman–Crippen LogP) is 4.19. The summed E-state index contributed by atoms with van der Waals surface area (Å²) < 4.78 is 103. The van der Waals surface area contributed by atoms with E-state index in [9.17, 15) is 34.8 Å². The summed E-state index contributed by atoms with van der Waals surface area (Å²) in [5.41, 5.74) is -2.07. The Morgan fingerprint density at radius 1 is 0.867 bits per heavy atom. The summed E-state index contributed by atoms with van der Waals surface area (Å²) in [5.74, 6) is 0. The average Bonchev–Trinajstić information content (AvgIpc) is 3.06. The van der Waals surface area contributed by atoms with Crippen molar-refractivity contribution < 1.29 is 34.8 Å². The van der Waals surface area contributed by atoms with E-state index in [2.05, 4.69) is 5.10 Å². The zero-order valence-electron chi connectivity index (χ0n) is 14.7. The molecule has 0 aliphatic carbocycles. The predicted molar refractivity (Wildman–Crippen MR) is 95.7 cm³/mol. The summed E-state index contributed by atoms with van der Waals surface area (Å²) in [7, 11) is -4.05. The van der Waals surface area contributed by atoms with Gasteiger partial charge in [-0.05, 0) is 42.5 Å². The number of hydrogen-bond donors (Lipinski definition) is 2. The zero-order chi connectivity index (χ0) is 22.3. The van der Waals surface area contributed by atoms with Crippen molar-refractivity contribution in [2.45, 2.75) is 12.4 Å². The van der Waals surface area contributed by atoms with Crippen LogP contribution in [0.25, 0.3) is 16.9 Å². The molecule has 0 aliphatic rings. The first-order valence-corrected chi connectivity index (χ1v) is 9.54. The van der Waals surface area contributed by atoms with Gasteiger partial charge in [-0.3, -0.25) is 4.72 Å². The number of rotatable bonds is 4. The topological polar surface area (TPSA) is 90.0 Å². The van der Waals surface area contributed by atoms with Crippen LogP contribution in [-0.2, 0) is 22.6 Å². The van der Waals surface area contributed by atoms with Crippen LogP contribution in [0.3, 0.4) is 0 Å². The number of nitrogens with zero attached hydrogens (tertiary/aromatic N) is 2. The minimum atomic E-state index is -4.79. The molecule has 0 aliphatic heterocycles. The van der Waals surface area contributed by atoms with Gasteiger partial charge < -0.3 is 0 Å². The van der Waals surface area contributed by atoms with E-state index in [1.807, 2.05) is 4.72 Å². The summed E-state index contributed by atoms with van der Waals surface area (Å²) >= 11 is 0. The van der Waals surface area contributed by atoms with E-state index < -0.39 is 33.8 Å². The number of nitrogens with two attached hydrogens (primary N) is 1. The molecule has 0 bridgehead atoms. The molecule has 1 aromatic heterocycles. The molecule has 0 saturated carbocycles. The van der Waals surface area contributed by atoms with E-state index in [1.54, 1.807) is 0 Å². The lowest BCUT2D eigenvalue weighted by Gasteiger charge is -2.11. The van der Waals surface area contributed by atoms with Crippen LogP contribution in [0.2, 0.25) is 0 Å². The third kappa shape index (κ3) is 4.91. The smallest absolute Gasteiger partial charge is 0.271 e. The van der Waals surface area contributed by atoms with Crippen molar-refractivity contribution in [3.05, 3.63) is 65.9 Å². The van der Waals surface area contributed by atoms with Crippen LogP contribution >= 0.6 is 0 Å². The molecule has 2 aromatic carbocycles. The van der Waals surface area contributed by atoms with Gasteiger partial charge in [0.05, 0.1) is 16.9 Å². The van der Waals surface area contributed by atoms with Crippen LogP contribution in [0.4, 0.5) is 32.0 Å². The maximum Gasteiger partial charge on any atom is 0.435 e. The fourth-order valence-corrected chi connectivity index (χ4v) is 3.05. The van der Waals surface area contributed by atoms with Crippen molar-refractivity contribution in [1.82, 2.24) is 9.78 Å². The van der Waals surface area contributed by atoms with Crippen molar-refractivity contribution in [3.63, 3.8) is 0 Å². The Morgan fingerprint density at radius 3 is 1.90 bits per heavy atom. The first-order chi connectivity index (χ1) is 13.7. The van der Waals surface area contributed by atoms with Crippen LogP contribution in [-0.4, -0.2) is 18.2 Å². The highest BCUT2D eigenvalue weighted by Crippen LogP contribution is 2.35. The molecule has 3 N–H and O–H groups in total. The standard InChI is InChI=1S/C17H12F6N4O2S/c18-16(19,20)11-3-1-10(2-4-11)14-9-15(17(21,22)23)25-27(14)13-7-5-12(6-8-13)26-30(24,28)29/h1-9,26H,(H2,24,28,29). The van der Waals surface area contributed by atoms with Crippen molar-refractivity contribution in [2.75, 3.05) is 4.72 Å². The number of nitrogens with one attached hydrogen (secondary N) is 1. The monoisotopic (exact) mass is 450 g/mol. The molecule has 0 radical (unpaired) electrons. The fourth-order valence-electron chi connectivity index (χ4n) is 2.59. The number of anilines is 1. The Bertz CT molecular complexity index is 1150. The molecular formula is C17H12F6N4O2S.